The van der Waals surface area contributed by atoms with Crippen LogP contribution in [0.4, 0.5) is 5.69 Å². The van der Waals surface area contributed by atoms with Crippen LogP contribution in [0.1, 0.15) is 24.8 Å². The zero-order chi connectivity index (χ0) is 23.0. The number of nitrogens with one attached hydrogen (secondary N) is 1. The van der Waals surface area contributed by atoms with Crippen LogP contribution in [0.25, 0.3) is 11.3 Å². The van der Waals surface area contributed by atoms with Crippen molar-refractivity contribution in [1.82, 2.24) is 14.7 Å². The van der Waals surface area contributed by atoms with Crippen molar-refractivity contribution >= 4 is 11.6 Å². The normalized spacial score (nSPS) is 14.1. The Bertz CT molecular complexity index is 1070. The number of hydrogen-bond donors (Lipinski definition) is 1. The van der Waals surface area contributed by atoms with Crippen LogP contribution in [0, 0.1) is 6.92 Å². The van der Waals surface area contributed by atoms with Crippen molar-refractivity contribution in [1.29, 1.82) is 0 Å². The summed E-state index contributed by atoms with van der Waals surface area (Å²) in [5.41, 5.74) is 3.60. The lowest BCUT2D eigenvalue weighted by molar-refractivity contribution is -0.118. The molecule has 1 aromatic heterocycles. The zero-order valence-corrected chi connectivity index (χ0v) is 19.4. The van der Waals surface area contributed by atoms with Gasteiger partial charge >= 0.3 is 0 Å². The Morgan fingerprint density at radius 3 is 2.67 bits per heavy atom. The fourth-order valence-corrected chi connectivity index (χ4v) is 4.09. The number of hydrogen-bond acceptors (Lipinski definition) is 5. The molecule has 0 saturated carbocycles. The van der Waals surface area contributed by atoms with E-state index in [0.717, 1.165) is 42.2 Å². The minimum Gasteiger partial charge on any atom is -0.492 e. The molecule has 2 aromatic carbocycles. The van der Waals surface area contributed by atoms with Crippen LogP contribution in [-0.2, 0) is 11.8 Å². The molecular formula is C26H32N4O3. The highest BCUT2D eigenvalue weighted by molar-refractivity contribution is 5.93. The summed E-state index contributed by atoms with van der Waals surface area (Å²) in [6.45, 7) is 5.77. The van der Waals surface area contributed by atoms with Gasteiger partial charge in [0.15, 0.2) is 6.61 Å². The predicted octanol–water partition coefficient (Wildman–Crippen LogP) is 4.28. The van der Waals surface area contributed by atoms with E-state index in [1.54, 1.807) is 10.9 Å². The number of aryl methyl sites for hydroxylation is 2. The Labute approximate surface area is 195 Å². The van der Waals surface area contributed by atoms with E-state index in [1.807, 2.05) is 62.5 Å². The highest BCUT2D eigenvalue weighted by atomic mass is 16.5. The summed E-state index contributed by atoms with van der Waals surface area (Å²) < 4.78 is 13.6. The fourth-order valence-electron chi connectivity index (χ4n) is 4.09. The van der Waals surface area contributed by atoms with Gasteiger partial charge in [-0.2, -0.15) is 5.10 Å². The maximum absolute atomic E-state index is 12.5. The van der Waals surface area contributed by atoms with E-state index >= 15 is 0 Å². The first-order chi connectivity index (χ1) is 16.1. The van der Waals surface area contributed by atoms with E-state index in [0.29, 0.717) is 18.0 Å². The third kappa shape index (κ3) is 6.35. The number of anilines is 1. The number of likely N-dealkylation sites (tertiary alicyclic amines) is 1. The highest BCUT2D eigenvalue weighted by Gasteiger charge is 2.14. The third-order valence-electron chi connectivity index (χ3n) is 5.83. The Balaban J connectivity index is 1.41. The van der Waals surface area contributed by atoms with E-state index in [-0.39, 0.29) is 12.5 Å². The number of piperidine rings is 1. The van der Waals surface area contributed by atoms with Crippen LogP contribution < -0.4 is 14.8 Å². The highest BCUT2D eigenvalue weighted by Crippen LogP contribution is 2.32. The average Bonchev–Trinajstić information content (AvgIpc) is 3.25. The number of amides is 1. The summed E-state index contributed by atoms with van der Waals surface area (Å²) >= 11 is 0. The van der Waals surface area contributed by atoms with Crippen LogP contribution in [0.5, 0.6) is 11.5 Å². The zero-order valence-electron chi connectivity index (χ0n) is 19.4. The van der Waals surface area contributed by atoms with Crippen molar-refractivity contribution in [3.05, 3.63) is 60.3 Å². The molecule has 1 amide bonds. The number of carbonyl (C=O) groups is 1. The molecule has 3 aromatic rings. The molecule has 1 N–H and O–H groups in total. The van der Waals surface area contributed by atoms with Gasteiger partial charge in [-0.25, -0.2) is 0 Å². The van der Waals surface area contributed by atoms with Gasteiger partial charge in [0.1, 0.15) is 18.1 Å². The number of benzene rings is 2. The number of carbonyl (C=O) groups excluding carboxylic acids is 1. The van der Waals surface area contributed by atoms with Gasteiger partial charge < -0.3 is 14.8 Å². The molecular weight excluding hydrogens is 416 g/mol. The van der Waals surface area contributed by atoms with Crippen molar-refractivity contribution < 1.29 is 14.3 Å². The second kappa shape index (κ2) is 11.0. The van der Waals surface area contributed by atoms with Gasteiger partial charge in [0.05, 0.1) is 5.69 Å². The molecule has 0 aliphatic carbocycles. The SMILES string of the molecule is Cc1cccc(OCC(=O)Nc2ccc(OCCN3CCCCC3)c(-c3ccnn3C)c2)c1. The van der Waals surface area contributed by atoms with Gasteiger partial charge in [0.25, 0.3) is 5.91 Å². The van der Waals surface area contributed by atoms with Crippen molar-refractivity contribution in [2.75, 3.05) is 38.2 Å². The van der Waals surface area contributed by atoms with E-state index < -0.39 is 0 Å². The lowest BCUT2D eigenvalue weighted by Crippen LogP contribution is -2.33. The van der Waals surface area contributed by atoms with Crippen molar-refractivity contribution in [2.24, 2.45) is 7.05 Å². The Morgan fingerprint density at radius 2 is 1.91 bits per heavy atom. The maximum Gasteiger partial charge on any atom is 0.262 e. The van der Waals surface area contributed by atoms with Gasteiger partial charge in [0, 0.05) is 31.0 Å². The minimum atomic E-state index is -0.216. The molecule has 1 aliphatic rings. The van der Waals surface area contributed by atoms with Crippen molar-refractivity contribution in [3.63, 3.8) is 0 Å². The topological polar surface area (TPSA) is 68.6 Å². The van der Waals surface area contributed by atoms with Crippen LogP contribution in [-0.4, -0.2) is 53.4 Å². The molecule has 2 heterocycles. The first-order valence-corrected chi connectivity index (χ1v) is 11.6. The number of rotatable bonds is 9. The lowest BCUT2D eigenvalue weighted by Gasteiger charge is -2.26. The molecule has 7 nitrogen and oxygen atoms in total. The molecule has 0 radical (unpaired) electrons. The maximum atomic E-state index is 12.5. The quantitative estimate of drug-likeness (QED) is 0.529. The fraction of sp³-hybridized carbons (Fsp3) is 0.385. The van der Waals surface area contributed by atoms with Crippen LogP contribution in [0.3, 0.4) is 0 Å². The van der Waals surface area contributed by atoms with Gasteiger partial charge in [-0.1, -0.05) is 18.6 Å². The third-order valence-corrected chi connectivity index (χ3v) is 5.83. The second-order valence-corrected chi connectivity index (χ2v) is 8.46. The van der Waals surface area contributed by atoms with Crippen LogP contribution in [0.2, 0.25) is 0 Å². The van der Waals surface area contributed by atoms with Gasteiger partial charge in [-0.15, -0.1) is 0 Å². The summed E-state index contributed by atoms with van der Waals surface area (Å²) in [7, 11) is 1.90. The van der Waals surface area contributed by atoms with Crippen LogP contribution >= 0.6 is 0 Å². The summed E-state index contributed by atoms with van der Waals surface area (Å²) in [5, 5.41) is 7.22. The first-order valence-electron chi connectivity index (χ1n) is 11.6. The van der Waals surface area contributed by atoms with Crippen molar-refractivity contribution in [2.45, 2.75) is 26.2 Å². The standard InChI is InChI=1S/C26H32N4O3/c1-20-7-6-8-22(17-20)33-19-26(31)28-21-9-10-25(23(18-21)24-11-12-27-29(24)2)32-16-15-30-13-4-3-5-14-30/h6-12,17-18H,3-5,13-16,19H2,1-2H3,(H,28,31). The molecule has 1 aliphatic heterocycles. The molecule has 1 fully saturated rings. The second-order valence-electron chi connectivity index (χ2n) is 8.46. The molecule has 33 heavy (non-hydrogen) atoms. The largest absolute Gasteiger partial charge is 0.492 e. The number of ether oxygens (including phenoxy) is 2. The minimum absolute atomic E-state index is 0.0570. The van der Waals surface area contributed by atoms with E-state index in [4.69, 9.17) is 9.47 Å². The molecule has 174 valence electrons. The molecule has 7 heteroatoms. The molecule has 0 bridgehead atoms. The van der Waals surface area contributed by atoms with Gasteiger partial charge in [-0.3, -0.25) is 14.4 Å². The summed E-state index contributed by atoms with van der Waals surface area (Å²) in [5.74, 6) is 1.24. The van der Waals surface area contributed by atoms with Crippen LogP contribution in [0.15, 0.2) is 54.7 Å². The Kier molecular flexibility index (Phi) is 7.62. The monoisotopic (exact) mass is 448 g/mol. The Hall–Kier alpha value is -3.32. The van der Waals surface area contributed by atoms with E-state index in [9.17, 15) is 4.79 Å². The molecule has 0 atom stereocenters. The Morgan fingerprint density at radius 1 is 1.06 bits per heavy atom. The van der Waals surface area contributed by atoms with Gasteiger partial charge in [-0.05, 0) is 74.8 Å². The summed E-state index contributed by atoms with van der Waals surface area (Å²) in [6.07, 6.45) is 5.61. The number of nitrogens with zero attached hydrogens (tertiary/aromatic N) is 3. The smallest absolute Gasteiger partial charge is 0.262 e. The lowest BCUT2D eigenvalue weighted by atomic mass is 10.1. The average molecular weight is 449 g/mol. The molecule has 0 unspecified atom stereocenters. The number of aromatic nitrogens is 2. The van der Waals surface area contributed by atoms with Crippen molar-refractivity contribution in [3.8, 4) is 22.8 Å². The van der Waals surface area contributed by atoms with E-state index in [1.165, 1.54) is 19.3 Å². The van der Waals surface area contributed by atoms with Gasteiger partial charge in [0.2, 0.25) is 0 Å². The summed E-state index contributed by atoms with van der Waals surface area (Å²) in [6, 6.07) is 15.3. The predicted molar refractivity (Wildman–Crippen MR) is 130 cm³/mol. The first kappa shape index (κ1) is 22.9. The molecule has 4 rings (SSSR count). The molecule has 0 spiro atoms. The summed E-state index contributed by atoms with van der Waals surface area (Å²) in [4.78, 5) is 14.9. The molecule has 1 saturated heterocycles. The van der Waals surface area contributed by atoms with E-state index in [2.05, 4.69) is 15.3 Å².